The first-order valence-electron chi connectivity index (χ1n) is 10.5. The van der Waals surface area contributed by atoms with Crippen LogP contribution in [-0.2, 0) is 0 Å². The zero-order valence-corrected chi connectivity index (χ0v) is 21.0. The molecule has 0 amide bonds. The van der Waals surface area contributed by atoms with Crippen molar-refractivity contribution in [1.82, 2.24) is 4.90 Å². The van der Waals surface area contributed by atoms with Gasteiger partial charge in [0.15, 0.2) is 0 Å². The van der Waals surface area contributed by atoms with Crippen molar-refractivity contribution in [2.24, 2.45) is 0 Å². The summed E-state index contributed by atoms with van der Waals surface area (Å²) in [4.78, 5) is 2.90. The summed E-state index contributed by atoms with van der Waals surface area (Å²) in [6.45, 7) is 7.60. The van der Waals surface area contributed by atoms with Gasteiger partial charge in [-0.25, -0.2) is 0 Å². The largest absolute Gasteiger partial charge is 1.00 e. The Balaban J connectivity index is 0.00000192. The van der Waals surface area contributed by atoms with Gasteiger partial charge in [0.05, 0.1) is 29.1 Å². The fraction of sp³-hybridized carbons (Fsp3) is 0.500. The summed E-state index contributed by atoms with van der Waals surface area (Å²) >= 11 is 2.74. The molecule has 7 atom stereocenters. The van der Waals surface area contributed by atoms with Crippen LogP contribution < -0.4 is 24.0 Å². The number of quaternary nitrogens is 1. The van der Waals surface area contributed by atoms with Gasteiger partial charge in [-0.2, -0.15) is 0 Å². The van der Waals surface area contributed by atoms with Gasteiger partial charge in [-0.3, -0.25) is 4.90 Å². The van der Waals surface area contributed by atoms with E-state index in [-0.39, 0.29) is 24.0 Å². The molecule has 0 saturated carbocycles. The van der Waals surface area contributed by atoms with E-state index in [1.165, 1.54) is 41.5 Å². The van der Waals surface area contributed by atoms with Crippen molar-refractivity contribution >= 4 is 22.6 Å². The summed E-state index contributed by atoms with van der Waals surface area (Å²) in [6, 6.07) is 25.8. The third-order valence-electron chi connectivity index (χ3n) is 7.79. The quantitative estimate of drug-likeness (QED) is 0.296. The van der Waals surface area contributed by atoms with E-state index in [0.29, 0.717) is 12.1 Å². The van der Waals surface area contributed by atoms with E-state index in [9.17, 15) is 0 Å². The molecule has 0 aromatic heterocycles. The van der Waals surface area contributed by atoms with Gasteiger partial charge in [0.2, 0.25) is 0 Å². The van der Waals surface area contributed by atoms with E-state index in [2.05, 4.69) is 102 Å². The lowest BCUT2D eigenvalue weighted by molar-refractivity contribution is -0.976. The summed E-state index contributed by atoms with van der Waals surface area (Å²) in [5.74, 6) is 0. The summed E-state index contributed by atoms with van der Waals surface area (Å²) in [5, 5.41) is 0. The van der Waals surface area contributed by atoms with Gasteiger partial charge in [0.25, 0.3) is 0 Å². The lowest BCUT2D eigenvalue weighted by Crippen LogP contribution is -3.00. The molecule has 3 saturated heterocycles. The van der Waals surface area contributed by atoms with Crippen molar-refractivity contribution < 1.29 is 28.5 Å². The third kappa shape index (κ3) is 3.26. The van der Waals surface area contributed by atoms with Crippen LogP contribution in [0.2, 0.25) is 0 Å². The van der Waals surface area contributed by atoms with Crippen LogP contribution in [0.5, 0.6) is 0 Å². The molecule has 28 heavy (non-hydrogen) atoms. The van der Waals surface area contributed by atoms with Crippen molar-refractivity contribution in [3.05, 3.63) is 71.8 Å². The number of piperidine rings is 1. The number of rotatable bonds is 4. The molecule has 1 unspecified atom stereocenters. The van der Waals surface area contributed by atoms with Crippen LogP contribution >= 0.6 is 22.6 Å². The van der Waals surface area contributed by atoms with Crippen LogP contribution in [0.15, 0.2) is 60.7 Å². The Labute approximate surface area is 200 Å². The van der Waals surface area contributed by atoms with Crippen molar-refractivity contribution in [1.29, 1.82) is 0 Å². The van der Waals surface area contributed by atoms with Gasteiger partial charge in [-0.05, 0) is 25.8 Å². The van der Waals surface area contributed by atoms with E-state index < -0.39 is 0 Å². The van der Waals surface area contributed by atoms with E-state index in [1.807, 2.05) is 0 Å². The molecule has 0 N–H and O–H groups in total. The predicted octanol–water partition coefficient (Wildman–Crippen LogP) is 2.36. The minimum absolute atomic E-state index is 0. The molecular weight excluding hydrogens is 570 g/mol. The number of alkyl halides is 1. The van der Waals surface area contributed by atoms with Crippen LogP contribution in [0.25, 0.3) is 0 Å². The highest BCUT2D eigenvalue weighted by Gasteiger charge is 2.65. The van der Waals surface area contributed by atoms with Crippen molar-refractivity contribution in [2.75, 3.05) is 13.1 Å². The Hall–Kier alpha value is -0.180. The zero-order chi connectivity index (χ0) is 18.6. The smallest absolute Gasteiger partial charge is 0.112 e. The Morgan fingerprint density at radius 3 is 2.14 bits per heavy atom. The fourth-order valence-electron chi connectivity index (χ4n) is 6.61. The van der Waals surface area contributed by atoms with Gasteiger partial charge in [0.1, 0.15) is 12.1 Å². The minimum Gasteiger partial charge on any atom is -1.00 e. The Bertz CT molecular complexity index is 799. The second-order valence-electron chi connectivity index (χ2n) is 8.95. The number of halogens is 2. The van der Waals surface area contributed by atoms with E-state index in [4.69, 9.17) is 0 Å². The van der Waals surface area contributed by atoms with E-state index >= 15 is 0 Å². The molecule has 3 heterocycles. The average Bonchev–Trinajstić information content (AvgIpc) is 3.25. The summed E-state index contributed by atoms with van der Waals surface area (Å²) in [7, 11) is 0. The molecule has 2 nitrogen and oxygen atoms in total. The highest BCUT2D eigenvalue weighted by Crippen LogP contribution is 2.54. The highest BCUT2D eigenvalue weighted by atomic mass is 127. The van der Waals surface area contributed by atoms with Crippen molar-refractivity contribution in [2.45, 2.75) is 60.8 Å². The van der Waals surface area contributed by atoms with Crippen molar-refractivity contribution in [3.63, 3.8) is 0 Å². The van der Waals surface area contributed by atoms with Gasteiger partial charge in [0, 0.05) is 18.0 Å². The molecule has 3 fully saturated rings. The van der Waals surface area contributed by atoms with Gasteiger partial charge in [-0.1, -0.05) is 83.3 Å². The number of piperazine rings is 1. The maximum Gasteiger partial charge on any atom is 0.112 e. The van der Waals surface area contributed by atoms with Crippen LogP contribution in [0.3, 0.4) is 0 Å². The maximum atomic E-state index is 2.90. The van der Waals surface area contributed by atoms with Gasteiger partial charge < -0.3 is 28.5 Å². The normalized spacial score (nSPS) is 36.0. The van der Waals surface area contributed by atoms with Crippen molar-refractivity contribution in [3.8, 4) is 0 Å². The lowest BCUT2D eigenvalue weighted by atomic mass is 9.89. The molecule has 2 aromatic rings. The van der Waals surface area contributed by atoms with Crippen LogP contribution in [0, 0.1) is 0 Å². The molecule has 5 rings (SSSR count). The molecule has 150 valence electrons. The molecule has 3 aliphatic rings. The number of hydrogen-bond donors (Lipinski definition) is 0. The minimum atomic E-state index is 0. The van der Waals surface area contributed by atoms with Gasteiger partial charge in [-0.15, -0.1) is 0 Å². The molecule has 0 radical (unpaired) electrons. The molecular formula is C24H30I2N2. The first-order valence-corrected chi connectivity index (χ1v) is 11.7. The first kappa shape index (κ1) is 21.1. The number of fused-ring (bicyclic) bond motifs is 1. The molecule has 2 bridgehead atoms. The summed E-state index contributed by atoms with van der Waals surface area (Å²) in [5.41, 5.74) is 3.01. The first-order chi connectivity index (χ1) is 13.1. The monoisotopic (exact) mass is 600 g/mol. The Kier molecular flexibility index (Phi) is 6.14. The van der Waals surface area contributed by atoms with Crippen LogP contribution in [-0.4, -0.2) is 44.5 Å². The topological polar surface area (TPSA) is 3.24 Å². The fourth-order valence-corrected chi connectivity index (χ4v) is 7.86. The average molecular weight is 600 g/mol. The second-order valence-corrected chi connectivity index (χ2v) is 10.7. The third-order valence-corrected chi connectivity index (χ3v) is 8.69. The lowest BCUT2D eigenvalue weighted by Gasteiger charge is -2.57. The second kappa shape index (κ2) is 8.16. The van der Waals surface area contributed by atoms with E-state index in [0.717, 1.165) is 22.1 Å². The summed E-state index contributed by atoms with van der Waals surface area (Å²) < 4.78 is 2.10. The SMILES string of the molecule is C[C@@H](c1ccccc1)N1[C@@H]2C[C@@H]3[C@H]1C[C@@H](I)C[N+]3([C@@H](C)c1ccccc1)C2.[I-]. The molecule has 0 aliphatic carbocycles. The Morgan fingerprint density at radius 1 is 0.893 bits per heavy atom. The number of hydrogen-bond acceptors (Lipinski definition) is 1. The van der Waals surface area contributed by atoms with E-state index in [1.54, 1.807) is 0 Å². The zero-order valence-electron chi connectivity index (χ0n) is 16.7. The molecule has 0 spiro atoms. The predicted molar refractivity (Wildman–Crippen MR) is 120 cm³/mol. The van der Waals surface area contributed by atoms with Crippen LogP contribution in [0.1, 0.15) is 49.9 Å². The Morgan fingerprint density at radius 2 is 1.50 bits per heavy atom. The molecule has 3 aliphatic heterocycles. The molecule has 4 heteroatoms. The molecule has 2 aromatic carbocycles. The highest BCUT2D eigenvalue weighted by molar-refractivity contribution is 14.1. The maximum absolute atomic E-state index is 2.90. The number of benzene rings is 2. The van der Waals surface area contributed by atoms with Gasteiger partial charge >= 0.3 is 0 Å². The number of likely N-dealkylation sites (tertiary alicyclic amines) is 1. The standard InChI is InChI=1S/C24H30IN2.HI/c1-17(19-9-5-3-6-10-19)26-22-14-24-23(26)13-21(25)15-27(24,16-22)18(2)20-11-7-4-8-12-20;/h3-12,17-18,21-24H,13-16H2,1-2H3;1H/q+1;/p-1/t17-,18-,21+,22+,23+,24+,27?;/m0./s1. The number of nitrogens with zero attached hydrogens (tertiary/aromatic N) is 2. The van der Waals surface area contributed by atoms with Crippen LogP contribution in [0.4, 0.5) is 0 Å². The summed E-state index contributed by atoms with van der Waals surface area (Å²) in [6.07, 6.45) is 2.75.